The van der Waals surface area contributed by atoms with Gasteiger partial charge in [0.1, 0.15) is 5.25 Å². The number of carbonyl (C=O) groups is 1. The highest BCUT2D eigenvalue weighted by Crippen LogP contribution is 2.41. The number of thioether (sulfide) groups is 1. The average Bonchev–Trinajstić information content (AvgIpc) is 3.16. The average molecular weight is 358 g/mol. The zero-order chi connectivity index (χ0) is 17.4. The van der Waals surface area contributed by atoms with Crippen molar-refractivity contribution in [1.29, 1.82) is 0 Å². The van der Waals surface area contributed by atoms with E-state index in [4.69, 9.17) is 4.74 Å². The molecule has 1 saturated heterocycles. The molecule has 132 valence electrons. The minimum atomic E-state index is -0.221. The number of fused-ring (bicyclic) bond motifs is 1. The topological polar surface area (TPSA) is 60.2 Å². The van der Waals surface area contributed by atoms with Gasteiger partial charge in [0, 0.05) is 19.5 Å². The van der Waals surface area contributed by atoms with Crippen molar-refractivity contribution < 1.29 is 9.53 Å². The van der Waals surface area contributed by atoms with Crippen molar-refractivity contribution in [2.45, 2.75) is 36.7 Å². The van der Waals surface area contributed by atoms with Gasteiger partial charge in [-0.05, 0) is 12.5 Å². The maximum Gasteiger partial charge on any atom is 0.264 e. The summed E-state index contributed by atoms with van der Waals surface area (Å²) in [6.45, 7) is 7.16. The number of aromatic nitrogens is 3. The molecule has 2 aliphatic rings. The van der Waals surface area contributed by atoms with Crippen molar-refractivity contribution in [2.24, 2.45) is 0 Å². The van der Waals surface area contributed by atoms with E-state index in [-0.39, 0.29) is 17.2 Å². The second-order valence-corrected chi connectivity index (χ2v) is 7.57. The van der Waals surface area contributed by atoms with Gasteiger partial charge in [-0.15, -0.1) is 5.10 Å². The van der Waals surface area contributed by atoms with Gasteiger partial charge in [0.25, 0.3) is 5.91 Å². The van der Waals surface area contributed by atoms with Crippen LogP contribution in [-0.4, -0.2) is 57.1 Å². The van der Waals surface area contributed by atoms with Gasteiger partial charge in [-0.25, -0.2) is 4.98 Å². The van der Waals surface area contributed by atoms with Crippen molar-refractivity contribution in [2.75, 3.05) is 26.3 Å². The van der Waals surface area contributed by atoms with Gasteiger partial charge < -0.3 is 4.74 Å². The van der Waals surface area contributed by atoms with Crippen molar-refractivity contribution in [1.82, 2.24) is 19.7 Å². The number of morpholine rings is 1. The van der Waals surface area contributed by atoms with E-state index in [1.165, 1.54) is 15.8 Å². The fraction of sp³-hybridized carbons (Fsp3) is 0.500. The molecule has 6 nitrogen and oxygen atoms in total. The molecule has 0 spiro atoms. The third kappa shape index (κ3) is 3.12. The number of carbonyl (C=O) groups excluding carboxylic acids is 1. The summed E-state index contributed by atoms with van der Waals surface area (Å²) in [5.74, 6) is 0.762. The smallest absolute Gasteiger partial charge is 0.264 e. The Morgan fingerprint density at radius 1 is 1.36 bits per heavy atom. The zero-order valence-corrected chi connectivity index (χ0v) is 15.3. The molecule has 2 aliphatic heterocycles. The van der Waals surface area contributed by atoms with E-state index in [0.717, 1.165) is 30.5 Å². The highest BCUT2D eigenvalue weighted by atomic mass is 32.2. The minimum Gasteiger partial charge on any atom is -0.379 e. The van der Waals surface area contributed by atoms with Crippen LogP contribution in [0.3, 0.4) is 0 Å². The molecule has 0 amide bonds. The molecule has 25 heavy (non-hydrogen) atoms. The Morgan fingerprint density at radius 3 is 2.84 bits per heavy atom. The number of hydrogen-bond donors (Lipinski definition) is 0. The van der Waals surface area contributed by atoms with E-state index in [9.17, 15) is 4.79 Å². The van der Waals surface area contributed by atoms with Gasteiger partial charge in [0.05, 0.1) is 19.3 Å². The Kier molecular flexibility index (Phi) is 4.62. The van der Waals surface area contributed by atoms with Crippen LogP contribution in [0.5, 0.6) is 0 Å². The first kappa shape index (κ1) is 16.8. The first-order chi connectivity index (χ1) is 12.2. The van der Waals surface area contributed by atoms with Crippen molar-refractivity contribution in [3.63, 3.8) is 0 Å². The molecule has 3 heterocycles. The van der Waals surface area contributed by atoms with Crippen LogP contribution in [0.1, 0.15) is 34.7 Å². The van der Waals surface area contributed by atoms with Crippen molar-refractivity contribution in [3.05, 3.63) is 41.2 Å². The van der Waals surface area contributed by atoms with Gasteiger partial charge in [-0.1, -0.05) is 48.5 Å². The predicted octanol–water partition coefficient (Wildman–Crippen LogP) is 2.34. The van der Waals surface area contributed by atoms with Crippen molar-refractivity contribution >= 4 is 17.7 Å². The third-order valence-corrected chi connectivity index (χ3v) is 5.92. The van der Waals surface area contributed by atoms with Crippen LogP contribution in [0, 0.1) is 6.92 Å². The lowest BCUT2D eigenvalue weighted by Gasteiger charge is -2.36. The molecule has 0 N–H and O–H groups in total. The SMILES string of the molecule is CCc1nc2n(n1)C(=O)C(C(c1cccc(C)c1)N1CCOCC1)S2. The summed E-state index contributed by atoms with van der Waals surface area (Å²) in [6.07, 6.45) is 0.739. The van der Waals surface area contributed by atoms with E-state index in [1.807, 2.05) is 6.92 Å². The molecule has 2 aromatic rings. The summed E-state index contributed by atoms with van der Waals surface area (Å²) < 4.78 is 7.01. The molecule has 2 atom stereocenters. The molecule has 0 bridgehead atoms. The second kappa shape index (κ2) is 6.90. The fourth-order valence-corrected chi connectivity index (χ4v) is 4.75. The van der Waals surface area contributed by atoms with Gasteiger partial charge in [-0.2, -0.15) is 4.68 Å². The minimum absolute atomic E-state index is 0.00914. The molecule has 1 fully saturated rings. The van der Waals surface area contributed by atoms with E-state index >= 15 is 0 Å². The lowest BCUT2D eigenvalue weighted by Crippen LogP contribution is -2.44. The molecule has 7 heteroatoms. The molecular weight excluding hydrogens is 336 g/mol. The summed E-state index contributed by atoms with van der Waals surface area (Å²) in [5, 5.41) is 4.87. The number of benzene rings is 1. The highest BCUT2D eigenvalue weighted by molar-refractivity contribution is 8.00. The first-order valence-electron chi connectivity index (χ1n) is 8.72. The van der Waals surface area contributed by atoms with Crippen molar-refractivity contribution in [3.8, 4) is 0 Å². The second-order valence-electron chi connectivity index (χ2n) is 6.46. The van der Waals surface area contributed by atoms with E-state index < -0.39 is 0 Å². The highest BCUT2D eigenvalue weighted by Gasteiger charge is 2.43. The quantitative estimate of drug-likeness (QED) is 0.836. The van der Waals surface area contributed by atoms with Crippen LogP contribution in [0.4, 0.5) is 0 Å². The lowest BCUT2D eigenvalue weighted by atomic mass is 9.99. The van der Waals surface area contributed by atoms with Crippen LogP contribution in [-0.2, 0) is 11.2 Å². The molecule has 0 saturated carbocycles. The summed E-state index contributed by atoms with van der Waals surface area (Å²) in [5.41, 5.74) is 2.38. The monoisotopic (exact) mass is 358 g/mol. The van der Waals surface area contributed by atoms with Crippen LogP contribution >= 0.6 is 11.8 Å². The Bertz CT molecular complexity index is 785. The van der Waals surface area contributed by atoms with E-state index in [2.05, 4.69) is 46.2 Å². The van der Waals surface area contributed by atoms with Crippen LogP contribution < -0.4 is 0 Å². The summed E-state index contributed by atoms with van der Waals surface area (Å²) >= 11 is 1.54. The molecular formula is C18H22N4O2S. The Morgan fingerprint density at radius 2 is 2.16 bits per heavy atom. The number of nitrogens with zero attached hydrogens (tertiary/aromatic N) is 4. The zero-order valence-electron chi connectivity index (χ0n) is 14.5. The number of aryl methyl sites for hydroxylation is 2. The molecule has 0 aliphatic carbocycles. The number of ether oxygens (including phenoxy) is 1. The third-order valence-electron chi connectivity index (χ3n) is 4.73. The molecule has 4 rings (SSSR count). The number of rotatable bonds is 4. The molecule has 1 aromatic heterocycles. The van der Waals surface area contributed by atoms with Crippen LogP contribution in [0.2, 0.25) is 0 Å². The standard InChI is InChI=1S/C18H22N4O2S/c1-3-14-19-18-22(20-14)17(23)16(25-18)15(21-7-9-24-10-8-21)13-6-4-5-12(2)11-13/h4-6,11,15-16H,3,7-10H2,1-2H3. The van der Waals surface area contributed by atoms with Gasteiger partial charge in [0.15, 0.2) is 11.0 Å². The summed E-state index contributed by atoms with van der Waals surface area (Å²) in [4.78, 5) is 19.9. The normalized spacial score (nSPS) is 22.2. The Labute approximate surface area is 151 Å². The summed E-state index contributed by atoms with van der Waals surface area (Å²) in [6, 6.07) is 8.46. The molecule has 0 radical (unpaired) electrons. The summed E-state index contributed by atoms with van der Waals surface area (Å²) in [7, 11) is 0. The lowest BCUT2D eigenvalue weighted by molar-refractivity contribution is 0.0152. The van der Waals surface area contributed by atoms with E-state index in [1.54, 1.807) is 11.8 Å². The maximum atomic E-state index is 13.1. The molecule has 1 aromatic carbocycles. The van der Waals surface area contributed by atoms with Crippen LogP contribution in [0.15, 0.2) is 29.4 Å². The van der Waals surface area contributed by atoms with Gasteiger partial charge >= 0.3 is 0 Å². The van der Waals surface area contributed by atoms with E-state index in [0.29, 0.717) is 13.2 Å². The van der Waals surface area contributed by atoms with Crippen LogP contribution in [0.25, 0.3) is 0 Å². The Hall–Kier alpha value is -1.70. The Balaban J connectivity index is 1.68. The molecule has 2 unspecified atom stereocenters. The fourth-order valence-electron chi connectivity index (χ4n) is 3.48. The maximum absolute atomic E-state index is 13.1. The largest absolute Gasteiger partial charge is 0.379 e. The van der Waals surface area contributed by atoms with Gasteiger partial charge in [0.2, 0.25) is 0 Å². The van der Waals surface area contributed by atoms with Gasteiger partial charge in [-0.3, -0.25) is 9.69 Å². The first-order valence-corrected chi connectivity index (χ1v) is 9.60. The number of hydrogen-bond acceptors (Lipinski definition) is 6. The predicted molar refractivity (Wildman–Crippen MR) is 96.0 cm³/mol.